The number of esters is 1. The molecule has 3 aromatic rings. The van der Waals surface area contributed by atoms with Crippen LogP contribution in [0.4, 0.5) is 4.79 Å². The first-order valence-electron chi connectivity index (χ1n) is 16.5. The van der Waals surface area contributed by atoms with Gasteiger partial charge in [0.2, 0.25) is 0 Å². The monoisotopic (exact) mass is 614 g/mol. The van der Waals surface area contributed by atoms with Crippen LogP contribution < -0.4 is 4.74 Å². The predicted molar refractivity (Wildman–Crippen MR) is 172 cm³/mol. The van der Waals surface area contributed by atoms with Crippen LogP contribution >= 0.6 is 0 Å². The third kappa shape index (κ3) is 9.33. The Kier molecular flexibility index (Phi) is 11.9. The van der Waals surface area contributed by atoms with E-state index < -0.39 is 18.2 Å². The Balaban J connectivity index is 1.15. The van der Waals surface area contributed by atoms with Gasteiger partial charge in [0.25, 0.3) is 0 Å². The molecule has 0 radical (unpaired) electrons. The first-order chi connectivity index (χ1) is 22.0. The molecular formula is C38H46O7. The smallest absolute Gasteiger partial charge is 0.482 e. The molecular weight excluding hydrogens is 568 g/mol. The third-order valence-corrected chi connectivity index (χ3v) is 9.35. The zero-order valence-corrected chi connectivity index (χ0v) is 26.3. The lowest BCUT2D eigenvalue weighted by Gasteiger charge is -2.32. The molecule has 2 aliphatic carbocycles. The molecule has 240 valence electrons. The van der Waals surface area contributed by atoms with E-state index in [0.29, 0.717) is 18.3 Å². The van der Waals surface area contributed by atoms with Crippen molar-refractivity contribution in [3.63, 3.8) is 0 Å². The highest BCUT2D eigenvalue weighted by atomic mass is 16.7. The zero-order chi connectivity index (χ0) is 31.4. The van der Waals surface area contributed by atoms with Gasteiger partial charge < -0.3 is 24.1 Å². The van der Waals surface area contributed by atoms with E-state index in [4.69, 9.17) is 18.9 Å². The van der Waals surface area contributed by atoms with Gasteiger partial charge in [-0.05, 0) is 91.0 Å². The highest BCUT2D eigenvalue weighted by molar-refractivity contribution is 5.71. The number of aliphatic hydroxyl groups is 1. The van der Waals surface area contributed by atoms with Gasteiger partial charge in [0.05, 0.1) is 6.10 Å². The molecule has 0 aromatic heterocycles. The number of aliphatic hydroxyl groups excluding tert-OH is 1. The third-order valence-electron chi connectivity index (χ3n) is 9.35. The first-order valence-corrected chi connectivity index (χ1v) is 16.5. The second-order valence-corrected chi connectivity index (χ2v) is 12.5. The standard InChI is InChI=1S/C38H46O7/c1-2-3-6-17-31(45-38(41)44-25-28-14-9-5-10-15-28)19-20-32-33-21-29-16-11-18-36(34(29)22-30(33)23-35(32)39)42-26-37(40)43-24-27-12-7-4-8-13-27/h4-5,7-16,18,30-33,35,39H,2-3,6,17,19-26H2,1H3/t30-,31-,32+,33-,35+/m0/s1. The van der Waals surface area contributed by atoms with Gasteiger partial charge in [-0.1, -0.05) is 92.6 Å². The van der Waals surface area contributed by atoms with Crippen molar-refractivity contribution < 1.29 is 33.6 Å². The number of fused-ring (bicyclic) bond motifs is 2. The van der Waals surface area contributed by atoms with Crippen molar-refractivity contribution in [3.8, 4) is 5.75 Å². The minimum atomic E-state index is -0.631. The van der Waals surface area contributed by atoms with E-state index in [9.17, 15) is 14.7 Å². The number of rotatable bonds is 15. The van der Waals surface area contributed by atoms with Crippen LogP contribution in [0.15, 0.2) is 78.9 Å². The van der Waals surface area contributed by atoms with Crippen molar-refractivity contribution in [1.29, 1.82) is 0 Å². The van der Waals surface area contributed by atoms with Gasteiger partial charge in [-0.2, -0.15) is 0 Å². The predicted octanol–water partition coefficient (Wildman–Crippen LogP) is 7.60. The topological polar surface area (TPSA) is 91.3 Å². The summed E-state index contributed by atoms with van der Waals surface area (Å²) in [5, 5.41) is 11.2. The van der Waals surface area contributed by atoms with E-state index >= 15 is 0 Å². The molecule has 2 aliphatic rings. The average molecular weight is 615 g/mol. The van der Waals surface area contributed by atoms with Crippen LogP contribution in [0.5, 0.6) is 5.75 Å². The molecule has 1 N–H and O–H groups in total. The summed E-state index contributed by atoms with van der Waals surface area (Å²) in [6.45, 7) is 2.43. The van der Waals surface area contributed by atoms with Crippen LogP contribution in [-0.4, -0.2) is 36.0 Å². The maximum atomic E-state index is 12.6. The van der Waals surface area contributed by atoms with E-state index in [1.165, 1.54) is 5.56 Å². The fourth-order valence-corrected chi connectivity index (χ4v) is 7.00. The van der Waals surface area contributed by atoms with Gasteiger partial charge >= 0.3 is 12.1 Å². The number of unbranched alkanes of at least 4 members (excludes halogenated alkanes) is 2. The maximum Gasteiger partial charge on any atom is 0.508 e. The van der Waals surface area contributed by atoms with Crippen molar-refractivity contribution in [2.45, 2.75) is 90.1 Å². The zero-order valence-electron chi connectivity index (χ0n) is 26.3. The Bertz CT molecular complexity index is 1360. The SMILES string of the molecule is CCCCC[C@@H](CC[C@@H]1[C@H]2Cc3cccc(OCC(=O)OCc4ccccc4)c3C[C@H]2C[C@H]1O)OC(=O)OCc1ccccc1. The van der Waals surface area contributed by atoms with E-state index in [0.717, 1.165) is 73.8 Å². The highest BCUT2D eigenvalue weighted by Crippen LogP contribution is 2.48. The van der Waals surface area contributed by atoms with Crippen LogP contribution in [-0.2, 0) is 45.1 Å². The Morgan fingerprint density at radius 2 is 1.56 bits per heavy atom. The lowest BCUT2D eigenvalue weighted by atomic mass is 9.73. The summed E-state index contributed by atoms with van der Waals surface area (Å²) < 4.78 is 22.6. The molecule has 0 bridgehead atoms. The van der Waals surface area contributed by atoms with Gasteiger partial charge in [0.15, 0.2) is 6.61 Å². The van der Waals surface area contributed by atoms with Crippen molar-refractivity contribution >= 4 is 12.1 Å². The molecule has 0 saturated heterocycles. The second kappa shape index (κ2) is 16.5. The minimum absolute atomic E-state index is 0.137. The lowest BCUT2D eigenvalue weighted by molar-refractivity contribution is -0.147. The number of benzene rings is 3. The molecule has 3 aromatic carbocycles. The summed E-state index contributed by atoms with van der Waals surface area (Å²) in [5.74, 6) is 1.14. The highest BCUT2D eigenvalue weighted by Gasteiger charge is 2.45. The van der Waals surface area contributed by atoms with Gasteiger partial charge in [0.1, 0.15) is 25.1 Å². The summed E-state index contributed by atoms with van der Waals surface area (Å²) in [6, 6.07) is 25.2. The number of hydrogen-bond acceptors (Lipinski definition) is 7. The largest absolute Gasteiger partial charge is 0.508 e. The normalized spacial score (nSPS) is 20.8. The van der Waals surface area contributed by atoms with E-state index in [2.05, 4.69) is 13.0 Å². The van der Waals surface area contributed by atoms with E-state index in [-0.39, 0.29) is 31.8 Å². The molecule has 5 atom stereocenters. The molecule has 0 aliphatic heterocycles. The van der Waals surface area contributed by atoms with E-state index in [1.54, 1.807) is 0 Å². The lowest BCUT2D eigenvalue weighted by Crippen LogP contribution is -2.29. The van der Waals surface area contributed by atoms with Crippen LogP contribution in [0.3, 0.4) is 0 Å². The van der Waals surface area contributed by atoms with Crippen molar-refractivity contribution in [2.75, 3.05) is 6.61 Å². The molecule has 7 nitrogen and oxygen atoms in total. The summed E-state index contributed by atoms with van der Waals surface area (Å²) in [7, 11) is 0. The average Bonchev–Trinajstić information content (AvgIpc) is 3.37. The van der Waals surface area contributed by atoms with Crippen LogP contribution in [0.25, 0.3) is 0 Å². The minimum Gasteiger partial charge on any atom is -0.482 e. The second-order valence-electron chi connectivity index (χ2n) is 12.5. The molecule has 1 saturated carbocycles. The number of carbonyl (C=O) groups is 2. The molecule has 45 heavy (non-hydrogen) atoms. The summed E-state index contributed by atoms with van der Waals surface area (Å²) in [4.78, 5) is 25.0. The first kappa shape index (κ1) is 32.6. The van der Waals surface area contributed by atoms with Crippen molar-refractivity contribution in [2.24, 2.45) is 17.8 Å². The Morgan fingerprint density at radius 1 is 0.844 bits per heavy atom. The molecule has 7 heteroatoms. The van der Waals surface area contributed by atoms with Crippen LogP contribution in [0.2, 0.25) is 0 Å². The molecule has 5 rings (SSSR count). The molecule has 1 fully saturated rings. The molecule has 0 spiro atoms. The van der Waals surface area contributed by atoms with Gasteiger partial charge in [0, 0.05) is 0 Å². The summed E-state index contributed by atoms with van der Waals surface area (Å²) in [5.41, 5.74) is 4.20. The Labute approximate surface area is 266 Å². The summed E-state index contributed by atoms with van der Waals surface area (Å²) in [6.07, 6.45) is 6.61. The molecule has 0 heterocycles. The van der Waals surface area contributed by atoms with E-state index in [1.807, 2.05) is 72.8 Å². The quantitative estimate of drug-likeness (QED) is 0.139. The number of ether oxygens (including phenoxy) is 4. The molecule has 0 amide bonds. The Hall–Kier alpha value is -3.84. The van der Waals surface area contributed by atoms with Crippen molar-refractivity contribution in [3.05, 3.63) is 101 Å². The summed E-state index contributed by atoms with van der Waals surface area (Å²) >= 11 is 0. The Morgan fingerprint density at radius 3 is 2.27 bits per heavy atom. The fraction of sp³-hybridized carbons (Fsp3) is 0.474. The molecule has 0 unspecified atom stereocenters. The fourth-order valence-electron chi connectivity index (χ4n) is 7.00. The van der Waals surface area contributed by atoms with Gasteiger partial charge in [-0.15, -0.1) is 0 Å². The van der Waals surface area contributed by atoms with Gasteiger partial charge in [-0.25, -0.2) is 9.59 Å². The van der Waals surface area contributed by atoms with Crippen LogP contribution in [0, 0.1) is 17.8 Å². The van der Waals surface area contributed by atoms with Crippen LogP contribution in [0.1, 0.15) is 74.1 Å². The van der Waals surface area contributed by atoms with Crippen molar-refractivity contribution in [1.82, 2.24) is 0 Å². The number of hydrogen-bond donors (Lipinski definition) is 1. The maximum absolute atomic E-state index is 12.6. The van der Waals surface area contributed by atoms with Gasteiger partial charge in [-0.3, -0.25) is 0 Å². The number of carbonyl (C=O) groups excluding carboxylic acids is 2.